The number of carbonyl (C=O) groups is 1. The van der Waals surface area contributed by atoms with Gasteiger partial charge in [-0.15, -0.1) is 13.2 Å². The Hall–Kier alpha value is -4.10. The Morgan fingerprint density at radius 1 is 1.05 bits per heavy atom. The van der Waals surface area contributed by atoms with Gasteiger partial charge in [0.15, 0.2) is 0 Å². The largest absolute Gasteiger partial charge is 0.573 e. The van der Waals surface area contributed by atoms with Gasteiger partial charge in [-0.25, -0.2) is 4.98 Å². The number of hydrogen-bond donors (Lipinski definition) is 2. The molecule has 6 rings (SSSR count). The average Bonchev–Trinajstić information content (AvgIpc) is 2.94. The molecule has 0 bridgehead atoms. The first kappa shape index (κ1) is 29.9. The first-order valence-electron chi connectivity index (χ1n) is 14.7. The third-order valence-corrected chi connectivity index (χ3v) is 8.46. The number of aromatic nitrogens is 2. The summed E-state index contributed by atoms with van der Waals surface area (Å²) in [5, 5.41) is 9.02. The summed E-state index contributed by atoms with van der Waals surface area (Å²) >= 11 is 0. The number of nitrogens with two attached hydrogens (primary N) is 1. The second-order valence-corrected chi connectivity index (χ2v) is 11.5. The van der Waals surface area contributed by atoms with Gasteiger partial charge in [0, 0.05) is 43.9 Å². The molecular formula is C31H34F3N5O5. The number of fused-ring (bicyclic) bond motifs is 3. The number of aliphatic carboxylic acids is 1. The molecule has 2 aliphatic carbocycles. The van der Waals surface area contributed by atoms with Crippen LogP contribution in [0.2, 0.25) is 0 Å². The highest BCUT2D eigenvalue weighted by Gasteiger charge is 2.35. The molecule has 2 aromatic carbocycles. The molecule has 1 saturated carbocycles. The van der Waals surface area contributed by atoms with Crippen LogP contribution in [0.15, 0.2) is 36.4 Å². The lowest BCUT2D eigenvalue weighted by molar-refractivity contribution is -0.274. The number of carboxylic acid groups (broad SMARTS) is 1. The van der Waals surface area contributed by atoms with Crippen molar-refractivity contribution in [3.05, 3.63) is 53.1 Å². The number of aryl methyl sites for hydroxylation is 2. The van der Waals surface area contributed by atoms with Crippen LogP contribution in [0.3, 0.4) is 0 Å². The Bertz CT molecular complexity index is 1540. The van der Waals surface area contributed by atoms with E-state index in [1.807, 2.05) is 18.2 Å². The van der Waals surface area contributed by atoms with Crippen LogP contribution >= 0.6 is 0 Å². The second kappa shape index (κ2) is 12.1. The van der Waals surface area contributed by atoms with Crippen molar-refractivity contribution in [3.8, 4) is 28.5 Å². The number of carboxylic acids is 1. The Morgan fingerprint density at radius 3 is 2.50 bits per heavy atom. The first-order chi connectivity index (χ1) is 21.0. The monoisotopic (exact) mass is 613 g/mol. The Morgan fingerprint density at radius 2 is 1.80 bits per heavy atom. The molecule has 44 heavy (non-hydrogen) atoms. The molecule has 1 aromatic heterocycles. The molecule has 0 radical (unpaired) electrons. The van der Waals surface area contributed by atoms with E-state index in [0.717, 1.165) is 73.8 Å². The number of hydrogen-bond acceptors (Lipinski definition) is 9. The maximum absolute atomic E-state index is 12.6. The van der Waals surface area contributed by atoms with Gasteiger partial charge < -0.3 is 30.0 Å². The summed E-state index contributed by atoms with van der Waals surface area (Å²) < 4.78 is 53.6. The van der Waals surface area contributed by atoms with Crippen molar-refractivity contribution in [2.75, 3.05) is 50.0 Å². The predicted molar refractivity (Wildman–Crippen MR) is 156 cm³/mol. The van der Waals surface area contributed by atoms with E-state index >= 15 is 0 Å². The minimum atomic E-state index is -4.76. The van der Waals surface area contributed by atoms with Crippen molar-refractivity contribution in [1.82, 2.24) is 14.9 Å². The zero-order valence-corrected chi connectivity index (χ0v) is 24.3. The fourth-order valence-corrected chi connectivity index (χ4v) is 6.03. The van der Waals surface area contributed by atoms with Crippen LogP contribution in [-0.2, 0) is 22.4 Å². The number of alkyl halides is 3. The van der Waals surface area contributed by atoms with Gasteiger partial charge in [0.1, 0.15) is 23.1 Å². The van der Waals surface area contributed by atoms with Gasteiger partial charge in [-0.3, -0.25) is 9.69 Å². The highest BCUT2D eigenvalue weighted by Crippen LogP contribution is 2.40. The summed E-state index contributed by atoms with van der Waals surface area (Å²) in [5.74, 6) is 0.773. The van der Waals surface area contributed by atoms with Crippen LogP contribution in [0, 0.1) is 12.8 Å². The molecule has 2 fully saturated rings. The molecule has 13 heteroatoms. The van der Waals surface area contributed by atoms with Crippen molar-refractivity contribution < 1.29 is 37.3 Å². The maximum Gasteiger partial charge on any atom is 0.573 e. The summed E-state index contributed by atoms with van der Waals surface area (Å²) in [6, 6.07) is 9.67. The highest BCUT2D eigenvalue weighted by molar-refractivity contribution is 5.76. The predicted octanol–water partition coefficient (Wildman–Crippen LogP) is 4.83. The molecule has 3 aliphatic rings. The standard InChI is InChI=1S/C31H34F3N5O5/c1-18-14-22(44-31(32,33)34)4-7-26(18)43-21-3-6-24-19(15-21)2-5-25-27(24)36-30(35)37-28(25)39-10-8-38(9-11-39)12-13-42-23-16-20(17-23)29(40)41/h3-4,6-7,14-15,20,23H,2,5,8-13,16-17H2,1H3,(H,40,41)(H2,35,36,37). The maximum atomic E-state index is 12.6. The SMILES string of the molecule is Cc1cc(OC(F)(F)F)ccc1Oc1ccc2c(c1)CCc1c-2nc(N)nc1N1CCN(CCOC2CC(C(=O)O)C2)CC1. The molecule has 0 unspecified atom stereocenters. The van der Waals surface area contributed by atoms with Crippen LogP contribution in [0.25, 0.3) is 11.3 Å². The highest BCUT2D eigenvalue weighted by atomic mass is 19.4. The lowest BCUT2D eigenvalue weighted by Gasteiger charge is -2.38. The molecule has 3 aromatic rings. The normalized spacial score (nSPS) is 20.0. The van der Waals surface area contributed by atoms with E-state index in [-0.39, 0.29) is 23.7 Å². The van der Waals surface area contributed by atoms with Crippen molar-refractivity contribution in [3.63, 3.8) is 0 Å². The minimum absolute atomic E-state index is 0.0517. The van der Waals surface area contributed by atoms with E-state index in [2.05, 4.69) is 24.5 Å². The zero-order valence-electron chi connectivity index (χ0n) is 24.3. The lowest BCUT2D eigenvalue weighted by atomic mass is 9.82. The average molecular weight is 614 g/mol. The summed E-state index contributed by atoms with van der Waals surface area (Å²) in [4.78, 5) is 24.8. The van der Waals surface area contributed by atoms with Gasteiger partial charge in [0.05, 0.1) is 24.3 Å². The number of piperazine rings is 1. The van der Waals surface area contributed by atoms with E-state index in [4.69, 9.17) is 20.3 Å². The Labute approximate surface area is 252 Å². The van der Waals surface area contributed by atoms with Crippen molar-refractivity contribution in [2.45, 2.75) is 45.1 Å². The van der Waals surface area contributed by atoms with Crippen molar-refractivity contribution >= 4 is 17.7 Å². The van der Waals surface area contributed by atoms with Gasteiger partial charge in [-0.05, 0) is 80.1 Å². The molecule has 1 aliphatic heterocycles. The first-order valence-corrected chi connectivity index (χ1v) is 14.7. The van der Waals surface area contributed by atoms with Gasteiger partial charge in [-0.1, -0.05) is 0 Å². The Balaban J connectivity index is 1.09. The van der Waals surface area contributed by atoms with Crippen molar-refractivity contribution in [1.29, 1.82) is 0 Å². The molecule has 10 nitrogen and oxygen atoms in total. The summed E-state index contributed by atoms with van der Waals surface area (Å²) in [5.41, 5.74) is 10.6. The zero-order chi connectivity index (χ0) is 31.0. The molecule has 3 N–H and O–H groups in total. The Kier molecular flexibility index (Phi) is 8.25. The summed E-state index contributed by atoms with van der Waals surface area (Å²) in [7, 11) is 0. The van der Waals surface area contributed by atoms with Crippen LogP contribution in [-0.4, -0.2) is 77.7 Å². The van der Waals surface area contributed by atoms with E-state index in [9.17, 15) is 18.0 Å². The van der Waals surface area contributed by atoms with Crippen LogP contribution in [0.5, 0.6) is 17.2 Å². The van der Waals surface area contributed by atoms with Gasteiger partial charge in [-0.2, -0.15) is 4.98 Å². The van der Waals surface area contributed by atoms with E-state index in [1.54, 1.807) is 6.92 Å². The van der Waals surface area contributed by atoms with Crippen molar-refractivity contribution in [2.24, 2.45) is 5.92 Å². The molecule has 0 amide bonds. The third-order valence-electron chi connectivity index (χ3n) is 8.46. The number of ether oxygens (including phenoxy) is 3. The minimum Gasteiger partial charge on any atom is -0.481 e. The van der Waals surface area contributed by atoms with E-state index in [1.165, 1.54) is 18.2 Å². The van der Waals surface area contributed by atoms with Crippen LogP contribution < -0.4 is 20.1 Å². The molecule has 1 saturated heterocycles. The van der Waals surface area contributed by atoms with Gasteiger partial charge in [0.2, 0.25) is 5.95 Å². The smallest absolute Gasteiger partial charge is 0.481 e. The second-order valence-electron chi connectivity index (χ2n) is 11.5. The van der Waals surface area contributed by atoms with Crippen LogP contribution in [0.1, 0.15) is 29.5 Å². The van der Waals surface area contributed by atoms with Crippen LogP contribution in [0.4, 0.5) is 24.9 Å². The lowest BCUT2D eigenvalue weighted by Crippen LogP contribution is -2.48. The fraction of sp³-hybridized carbons (Fsp3) is 0.452. The number of anilines is 2. The van der Waals surface area contributed by atoms with E-state index < -0.39 is 12.3 Å². The third kappa shape index (κ3) is 6.68. The molecule has 2 heterocycles. The topological polar surface area (TPSA) is 123 Å². The number of benzene rings is 2. The molecule has 0 atom stereocenters. The number of rotatable bonds is 9. The quantitative estimate of drug-likeness (QED) is 0.347. The number of nitrogen functional groups attached to an aromatic ring is 1. The summed E-state index contributed by atoms with van der Waals surface area (Å²) in [6.07, 6.45) is -2.03. The van der Waals surface area contributed by atoms with Gasteiger partial charge in [0.25, 0.3) is 0 Å². The van der Waals surface area contributed by atoms with E-state index in [0.29, 0.717) is 36.5 Å². The number of halogens is 3. The molecule has 234 valence electrons. The number of nitrogens with zero attached hydrogens (tertiary/aromatic N) is 4. The van der Waals surface area contributed by atoms with Gasteiger partial charge >= 0.3 is 12.3 Å². The molecule has 0 spiro atoms. The summed E-state index contributed by atoms with van der Waals surface area (Å²) in [6.45, 7) is 6.34. The molecular weight excluding hydrogens is 579 g/mol. The fourth-order valence-electron chi connectivity index (χ4n) is 6.03.